The van der Waals surface area contributed by atoms with Crippen LogP contribution in [0, 0.1) is 11.8 Å². The molecule has 1 aromatic carbocycles. The lowest BCUT2D eigenvalue weighted by Gasteiger charge is -2.08. The second kappa shape index (κ2) is 7.59. The summed E-state index contributed by atoms with van der Waals surface area (Å²) in [6.45, 7) is -0.132. The number of thioether (sulfide) groups is 1. The molecule has 1 aromatic heterocycles. The molecule has 0 saturated carbocycles. The zero-order valence-corrected chi connectivity index (χ0v) is 12.0. The minimum absolute atomic E-state index is 0.132. The summed E-state index contributed by atoms with van der Waals surface area (Å²) in [5.74, 6) is 7.20. The van der Waals surface area contributed by atoms with Crippen LogP contribution in [0.15, 0.2) is 47.6 Å². The molecular formula is C16H15NO2S. The largest absolute Gasteiger partial charge is 0.496 e. The standard InChI is InChI=1S/C16H15NO2S/c1-19-16-5-4-13(3-2-10-18)11-14(16)12-20-15-6-8-17-9-7-15/h4-9,11,18H,10,12H2,1H3. The Morgan fingerprint density at radius 1 is 1.25 bits per heavy atom. The van der Waals surface area contributed by atoms with Gasteiger partial charge in [-0.25, -0.2) is 0 Å². The van der Waals surface area contributed by atoms with Crippen LogP contribution in [0.4, 0.5) is 0 Å². The molecule has 1 N–H and O–H groups in total. The number of benzene rings is 1. The number of aromatic nitrogens is 1. The number of aliphatic hydroxyl groups excluding tert-OH is 1. The molecule has 0 unspecified atom stereocenters. The van der Waals surface area contributed by atoms with Crippen LogP contribution in [0.2, 0.25) is 0 Å². The van der Waals surface area contributed by atoms with Crippen LogP contribution < -0.4 is 4.74 Å². The zero-order valence-electron chi connectivity index (χ0n) is 11.2. The monoisotopic (exact) mass is 285 g/mol. The summed E-state index contributed by atoms with van der Waals surface area (Å²) >= 11 is 1.72. The number of pyridine rings is 1. The predicted molar refractivity (Wildman–Crippen MR) is 80.8 cm³/mol. The smallest absolute Gasteiger partial charge is 0.122 e. The minimum atomic E-state index is -0.132. The molecule has 102 valence electrons. The number of methoxy groups -OCH3 is 1. The molecule has 0 saturated heterocycles. The van der Waals surface area contributed by atoms with Gasteiger partial charge in [-0.2, -0.15) is 0 Å². The number of nitrogens with zero attached hydrogens (tertiary/aromatic N) is 1. The van der Waals surface area contributed by atoms with E-state index >= 15 is 0 Å². The summed E-state index contributed by atoms with van der Waals surface area (Å²) in [6.07, 6.45) is 3.56. The highest BCUT2D eigenvalue weighted by Crippen LogP contribution is 2.28. The lowest BCUT2D eigenvalue weighted by Crippen LogP contribution is -1.92. The minimum Gasteiger partial charge on any atom is -0.496 e. The lowest BCUT2D eigenvalue weighted by atomic mass is 10.1. The first-order valence-corrected chi connectivity index (χ1v) is 7.11. The highest BCUT2D eigenvalue weighted by atomic mass is 32.2. The van der Waals surface area contributed by atoms with E-state index in [-0.39, 0.29) is 6.61 Å². The van der Waals surface area contributed by atoms with Gasteiger partial charge in [0, 0.05) is 34.2 Å². The summed E-state index contributed by atoms with van der Waals surface area (Å²) in [5, 5.41) is 8.74. The van der Waals surface area contributed by atoms with Crippen LogP contribution in [-0.2, 0) is 5.75 Å². The number of rotatable bonds is 4. The van der Waals surface area contributed by atoms with Gasteiger partial charge in [-0.15, -0.1) is 11.8 Å². The van der Waals surface area contributed by atoms with E-state index in [1.165, 1.54) is 0 Å². The van der Waals surface area contributed by atoms with Crippen molar-refractivity contribution in [1.29, 1.82) is 0 Å². The van der Waals surface area contributed by atoms with E-state index < -0.39 is 0 Å². The van der Waals surface area contributed by atoms with Crippen molar-refractivity contribution in [2.24, 2.45) is 0 Å². The Bertz CT molecular complexity index is 617. The molecule has 0 radical (unpaired) electrons. The molecule has 2 rings (SSSR count). The molecule has 3 nitrogen and oxygen atoms in total. The molecule has 0 amide bonds. The maximum atomic E-state index is 8.74. The first-order valence-electron chi connectivity index (χ1n) is 6.13. The molecule has 20 heavy (non-hydrogen) atoms. The Balaban J connectivity index is 2.16. The average molecular weight is 285 g/mol. The summed E-state index contributed by atoms with van der Waals surface area (Å²) in [6, 6.07) is 9.75. The zero-order chi connectivity index (χ0) is 14.2. The Morgan fingerprint density at radius 2 is 2.05 bits per heavy atom. The molecular weight excluding hydrogens is 270 g/mol. The van der Waals surface area contributed by atoms with Gasteiger partial charge in [-0.3, -0.25) is 4.98 Å². The molecule has 0 fully saturated rings. The Hall–Kier alpha value is -1.96. The molecule has 2 aromatic rings. The van der Waals surface area contributed by atoms with Crippen molar-refractivity contribution >= 4 is 11.8 Å². The quantitative estimate of drug-likeness (QED) is 0.693. The van der Waals surface area contributed by atoms with Gasteiger partial charge in [0.1, 0.15) is 12.4 Å². The van der Waals surface area contributed by atoms with Gasteiger partial charge in [-0.05, 0) is 30.3 Å². The van der Waals surface area contributed by atoms with E-state index in [9.17, 15) is 0 Å². The average Bonchev–Trinajstić information content (AvgIpc) is 2.52. The molecule has 4 heteroatoms. The van der Waals surface area contributed by atoms with Gasteiger partial charge < -0.3 is 9.84 Å². The van der Waals surface area contributed by atoms with Crippen molar-refractivity contribution in [1.82, 2.24) is 4.98 Å². The molecule has 1 heterocycles. The van der Waals surface area contributed by atoms with Crippen LogP contribution in [0.3, 0.4) is 0 Å². The van der Waals surface area contributed by atoms with E-state index in [2.05, 4.69) is 16.8 Å². The second-order valence-electron chi connectivity index (χ2n) is 3.96. The summed E-state index contributed by atoms with van der Waals surface area (Å²) < 4.78 is 5.37. The number of hydrogen-bond acceptors (Lipinski definition) is 4. The first-order chi connectivity index (χ1) is 9.83. The summed E-state index contributed by atoms with van der Waals surface area (Å²) in [4.78, 5) is 5.16. The van der Waals surface area contributed by atoms with E-state index in [0.717, 1.165) is 27.5 Å². The van der Waals surface area contributed by atoms with Gasteiger partial charge in [0.15, 0.2) is 0 Å². The normalized spacial score (nSPS) is 9.70. The highest BCUT2D eigenvalue weighted by Gasteiger charge is 2.05. The molecule has 0 aliphatic rings. The van der Waals surface area contributed by atoms with Crippen molar-refractivity contribution in [3.05, 3.63) is 53.9 Å². The Morgan fingerprint density at radius 3 is 2.75 bits per heavy atom. The third-order valence-corrected chi connectivity index (χ3v) is 3.70. The van der Waals surface area contributed by atoms with Crippen molar-refractivity contribution in [3.8, 4) is 17.6 Å². The molecule has 0 atom stereocenters. The van der Waals surface area contributed by atoms with Crippen LogP contribution in [0.25, 0.3) is 0 Å². The Kier molecular flexibility index (Phi) is 5.48. The molecule has 0 aliphatic carbocycles. The maximum Gasteiger partial charge on any atom is 0.122 e. The van der Waals surface area contributed by atoms with Crippen molar-refractivity contribution in [2.75, 3.05) is 13.7 Å². The van der Waals surface area contributed by atoms with Gasteiger partial charge in [0.05, 0.1) is 7.11 Å². The van der Waals surface area contributed by atoms with Gasteiger partial charge in [0.25, 0.3) is 0 Å². The number of hydrogen-bond donors (Lipinski definition) is 1. The number of ether oxygens (including phenoxy) is 1. The van der Waals surface area contributed by atoms with Crippen molar-refractivity contribution < 1.29 is 9.84 Å². The highest BCUT2D eigenvalue weighted by molar-refractivity contribution is 7.98. The van der Waals surface area contributed by atoms with E-state index in [4.69, 9.17) is 9.84 Å². The van der Waals surface area contributed by atoms with Crippen molar-refractivity contribution in [2.45, 2.75) is 10.6 Å². The van der Waals surface area contributed by atoms with Crippen LogP contribution >= 0.6 is 11.8 Å². The first kappa shape index (κ1) is 14.4. The summed E-state index contributed by atoms with van der Waals surface area (Å²) in [7, 11) is 1.66. The second-order valence-corrected chi connectivity index (χ2v) is 5.01. The van der Waals surface area contributed by atoms with E-state index in [1.807, 2.05) is 30.3 Å². The predicted octanol–water partition coefficient (Wildman–Crippen LogP) is 2.73. The maximum absolute atomic E-state index is 8.74. The fourth-order valence-electron chi connectivity index (χ4n) is 1.71. The number of aliphatic hydroxyl groups is 1. The van der Waals surface area contributed by atoms with Gasteiger partial charge in [-0.1, -0.05) is 11.8 Å². The topological polar surface area (TPSA) is 42.4 Å². The summed E-state index contributed by atoms with van der Waals surface area (Å²) in [5.41, 5.74) is 1.96. The molecule has 0 bridgehead atoms. The Labute approximate surface area is 123 Å². The third-order valence-electron chi connectivity index (χ3n) is 2.64. The molecule has 0 aliphatic heterocycles. The van der Waals surface area contributed by atoms with Crippen LogP contribution in [0.1, 0.15) is 11.1 Å². The van der Waals surface area contributed by atoms with E-state index in [1.54, 1.807) is 31.3 Å². The van der Waals surface area contributed by atoms with Gasteiger partial charge in [0.2, 0.25) is 0 Å². The molecule has 0 spiro atoms. The van der Waals surface area contributed by atoms with Gasteiger partial charge >= 0.3 is 0 Å². The third kappa shape index (κ3) is 4.02. The fourth-order valence-corrected chi connectivity index (χ4v) is 2.57. The lowest BCUT2D eigenvalue weighted by molar-refractivity contribution is 0.350. The SMILES string of the molecule is COc1ccc(C#CCO)cc1CSc1ccncc1. The van der Waals surface area contributed by atoms with Crippen molar-refractivity contribution in [3.63, 3.8) is 0 Å². The van der Waals surface area contributed by atoms with Crippen LogP contribution in [-0.4, -0.2) is 23.8 Å². The van der Waals surface area contributed by atoms with E-state index in [0.29, 0.717) is 0 Å². The fraction of sp³-hybridized carbons (Fsp3) is 0.188. The van der Waals surface area contributed by atoms with Crippen LogP contribution in [0.5, 0.6) is 5.75 Å².